The van der Waals surface area contributed by atoms with Crippen LogP contribution in [0.1, 0.15) is 25.5 Å². The minimum atomic E-state index is 0.670. The molecule has 0 spiro atoms. The number of aromatic nitrogens is 1. The number of hydrogen-bond acceptors (Lipinski definition) is 3. The number of para-hydroxylation sites is 1. The van der Waals surface area contributed by atoms with Crippen molar-refractivity contribution in [3.8, 4) is 0 Å². The Hall–Kier alpha value is -1.45. The Labute approximate surface area is 121 Å². The second-order valence-electron chi connectivity index (χ2n) is 5.61. The highest BCUT2D eigenvalue weighted by molar-refractivity contribution is 5.78. The van der Waals surface area contributed by atoms with Crippen molar-refractivity contribution in [2.75, 3.05) is 19.6 Å². The van der Waals surface area contributed by atoms with E-state index in [2.05, 4.69) is 53.5 Å². The maximum absolute atomic E-state index is 4.81. The molecule has 1 aromatic heterocycles. The molecule has 0 aliphatic carbocycles. The maximum atomic E-state index is 4.81. The van der Waals surface area contributed by atoms with E-state index in [1.165, 1.54) is 23.9 Å². The first-order chi connectivity index (χ1) is 9.86. The molecular weight excluding hydrogens is 246 g/mol. The van der Waals surface area contributed by atoms with Crippen LogP contribution in [0.15, 0.2) is 36.4 Å². The summed E-state index contributed by atoms with van der Waals surface area (Å²) in [5.41, 5.74) is 2.29. The van der Waals surface area contributed by atoms with Gasteiger partial charge in [0.2, 0.25) is 0 Å². The third kappa shape index (κ3) is 3.00. The van der Waals surface area contributed by atoms with Crippen LogP contribution in [0.25, 0.3) is 10.9 Å². The van der Waals surface area contributed by atoms with Gasteiger partial charge in [-0.25, -0.2) is 0 Å². The van der Waals surface area contributed by atoms with Crippen molar-refractivity contribution in [3.05, 3.63) is 42.1 Å². The monoisotopic (exact) mass is 269 g/mol. The van der Waals surface area contributed by atoms with E-state index in [9.17, 15) is 0 Å². The molecule has 1 N–H and O–H groups in total. The molecule has 2 heterocycles. The van der Waals surface area contributed by atoms with Crippen LogP contribution < -0.4 is 5.32 Å². The zero-order valence-electron chi connectivity index (χ0n) is 12.2. The van der Waals surface area contributed by atoms with Gasteiger partial charge in [0.1, 0.15) is 0 Å². The molecule has 3 rings (SSSR count). The van der Waals surface area contributed by atoms with Crippen molar-refractivity contribution in [1.29, 1.82) is 0 Å². The molecule has 1 atom stereocenters. The van der Waals surface area contributed by atoms with Crippen molar-refractivity contribution in [2.24, 2.45) is 0 Å². The van der Waals surface area contributed by atoms with Gasteiger partial charge < -0.3 is 5.32 Å². The number of fused-ring (bicyclic) bond motifs is 1. The van der Waals surface area contributed by atoms with Crippen LogP contribution >= 0.6 is 0 Å². The Bertz CT molecular complexity index is 561. The van der Waals surface area contributed by atoms with E-state index in [-0.39, 0.29) is 0 Å². The fourth-order valence-electron chi connectivity index (χ4n) is 3.03. The fraction of sp³-hybridized carbons (Fsp3) is 0.471. The first kappa shape index (κ1) is 13.5. The Morgan fingerprint density at radius 2 is 2.15 bits per heavy atom. The molecule has 1 saturated heterocycles. The molecule has 3 heteroatoms. The predicted molar refractivity (Wildman–Crippen MR) is 83.7 cm³/mol. The average molecular weight is 269 g/mol. The molecule has 0 amide bonds. The van der Waals surface area contributed by atoms with E-state index >= 15 is 0 Å². The SMILES string of the molecule is CCCN(Cc1ccc2ccccc2n1)C1CCNC1. The van der Waals surface area contributed by atoms with Gasteiger partial charge in [0, 0.05) is 24.5 Å². The topological polar surface area (TPSA) is 28.2 Å². The van der Waals surface area contributed by atoms with E-state index in [1.807, 2.05) is 0 Å². The summed E-state index contributed by atoms with van der Waals surface area (Å²) in [4.78, 5) is 7.39. The highest BCUT2D eigenvalue weighted by Crippen LogP contribution is 2.16. The van der Waals surface area contributed by atoms with E-state index in [1.54, 1.807) is 0 Å². The van der Waals surface area contributed by atoms with Crippen LogP contribution in [0.4, 0.5) is 0 Å². The first-order valence-corrected chi connectivity index (χ1v) is 7.66. The third-order valence-electron chi connectivity index (χ3n) is 4.08. The van der Waals surface area contributed by atoms with Crippen LogP contribution in [0.2, 0.25) is 0 Å². The minimum absolute atomic E-state index is 0.670. The lowest BCUT2D eigenvalue weighted by Crippen LogP contribution is -2.37. The van der Waals surface area contributed by atoms with Gasteiger partial charge in [-0.3, -0.25) is 9.88 Å². The number of nitrogens with one attached hydrogen (secondary N) is 1. The van der Waals surface area contributed by atoms with Gasteiger partial charge >= 0.3 is 0 Å². The molecule has 1 aromatic carbocycles. The first-order valence-electron chi connectivity index (χ1n) is 7.66. The van der Waals surface area contributed by atoms with E-state index in [0.717, 1.165) is 31.7 Å². The summed E-state index contributed by atoms with van der Waals surface area (Å²) in [5.74, 6) is 0. The van der Waals surface area contributed by atoms with Gasteiger partial charge in [-0.1, -0.05) is 31.2 Å². The van der Waals surface area contributed by atoms with Crippen molar-refractivity contribution < 1.29 is 0 Å². The molecule has 1 fully saturated rings. The van der Waals surface area contributed by atoms with Crippen molar-refractivity contribution in [3.63, 3.8) is 0 Å². The molecule has 1 aliphatic heterocycles. The highest BCUT2D eigenvalue weighted by Gasteiger charge is 2.21. The molecular formula is C17H23N3. The number of benzene rings is 1. The number of nitrogens with zero attached hydrogens (tertiary/aromatic N) is 2. The van der Waals surface area contributed by atoms with E-state index in [4.69, 9.17) is 4.98 Å². The van der Waals surface area contributed by atoms with Gasteiger partial charge in [-0.05, 0) is 38.1 Å². The smallest absolute Gasteiger partial charge is 0.0705 e. The molecule has 0 saturated carbocycles. The number of rotatable bonds is 5. The Kier molecular flexibility index (Phi) is 4.28. The molecule has 3 nitrogen and oxygen atoms in total. The average Bonchev–Trinajstić information content (AvgIpc) is 3.01. The second kappa shape index (κ2) is 6.33. The second-order valence-corrected chi connectivity index (χ2v) is 5.61. The van der Waals surface area contributed by atoms with Gasteiger partial charge in [0.25, 0.3) is 0 Å². The van der Waals surface area contributed by atoms with Crippen LogP contribution in [0.5, 0.6) is 0 Å². The van der Waals surface area contributed by atoms with Crippen LogP contribution in [-0.2, 0) is 6.54 Å². The minimum Gasteiger partial charge on any atom is -0.315 e. The summed E-state index contributed by atoms with van der Waals surface area (Å²) in [6.45, 7) is 6.64. The summed E-state index contributed by atoms with van der Waals surface area (Å²) < 4.78 is 0. The van der Waals surface area contributed by atoms with Gasteiger partial charge in [0.15, 0.2) is 0 Å². The van der Waals surface area contributed by atoms with Crippen molar-refractivity contribution in [1.82, 2.24) is 15.2 Å². The summed E-state index contributed by atoms with van der Waals surface area (Å²) >= 11 is 0. The summed E-state index contributed by atoms with van der Waals surface area (Å²) in [6, 6.07) is 13.4. The maximum Gasteiger partial charge on any atom is 0.0705 e. The van der Waals surface area contributed by atoms with Crippen LogP contribution in [0, 0.1) is 0 Å². The Morgan fingerprint density at radius 3 is 2.95 bits per heavy atom. The third-order valence-corrected chi connectivity index (χ3v) is 4.08. The van der Waals surface area contributed by atoms with Crippen LogP contribution in [-0.4, -0.2) is 35.6 Å². The lowest BCUT2D eigenvalue weighted by Gasteiger charge is -2.27. The van der Waals surface area contributed by atoms with E-state index < -0.39 is 0 Å². The summed E-state index contributed by atoms with van der Waals surface area (Å²) in [5, 5.41) is 4.69. The zero-order chi connectivity index (χ0) is 13.8. The molecule has 106 valence electrons. The molecule has 0 radical (unpaired) electrons. The standard InChI is InChI=1S/C17H23N3/c1-2-11-20(16-9-10-18-12-16)13-15-8-7-14-5-3-4-6-17(14)19-15/h3-8,16,18H,2,9-13H2,1H3. The van der Waals surface area contributed by atoms with Gasteiger partial charge in [-0.2, -0.15) is 0 Å². The quantitative estimate of drug-likeness (QED) is 0.904. The molecule has 1 unspecified atom stereocenters. The fourth-order valence-corrected chi connectivity index (χ4v) is 3.03. The van der Waals surface area contributed by atoms with Crippen LogP contribution in [0.3, 0.4) is 0 Å². The lowest BCUT2D eigenvalue weighted by atomic mass is 10.1. The normalized spacial score (nSPS) is 19.0. The van der Waals surface area contributed by atoms with Crippen molar-refractivity contribution >= 4 is 10.9 Å². The Balaban J connectivity index is 1.78. The van der Waals surface area contributed by atoms with Crippen molar-refractivity contribution in [2.45, 2.75) is 32.4 Å². The zero-order valence-corrected chi connectivity index (χ0v) is 12.2. The predicted octanol–water partition coefficient (Wildman–Crippen LogP) is 2.81. The summed E-state index contributed by atoms with van der Waals surface area (Å²) in [7, 11) is 0. The van der Waals surface area contributed by atoms with E-state index in [0.29, 0.717) is 6.04 Å². The molecule has 20 heavy (non-hydrogen) atoms. The largest absolute Gasteiger partial charge is 0.315 e. The molecule has 2 aromatic rings. The Morgan fingerprint density at radius 1 is 1.25 bits per heavy atom. The lowest BCUT2D eigenvalue weighted by molar-refractivity contribution is 0.197. The molecule has 1 aliphatic rings. The van der Waals surface area contributed by atoms with Gasteiger partial charge in [0.05, 0.1) is 11.2 Å². The highest BCUT2D eigenvalue weighted by atomic mass is 15.2. The molecule has 0 bridgehead atoms. The summed E-state index contributed by atoms with van der Waals surface area (Å²) in [6.07, 6.45) is 2.46. The van der Waals surface area contributed by atoms with Gasteiger partial charge in [-0.15, -0.1) is 0 Å². The number of pyridine rings is 1. The number of hydrogen-bond donors (Lipinski definition) is 1.